The van der Waals surface area contributed by atoms with Crippen molar-refractivity contribution in [2.24, 2.45) is 0 Å². The monoisotopic (exact) mass is 456 g/mol. The number of benzene rings is 2. The average Bonchev–Trinajstić information content (AvgIpc) is 2.77. The number of nitrogens with zero attached hydrogens (tertiary/aromatic N) is 3. The molecule has 10 heteroatoms. The number of aryl methyl sites for hydroxylation is 1. The van der Waals surface area contributed by atoms with Crippen molar-refractivity contribution in [1.82, 2.24) is 9.97 Å². The quantitative estimate of drug-likeness (QED) is 0.510. The number of nitrogens with one attached hydrogen (secondary N) is 3. The average molecular weight is 457 g/mol. The summed E-state index contributed by atoms with van der Waals surface area (Å²) in [7, 11) is 0. The van der Waals surface area contributed by atoms with Gasteiger partial charge in [0.25, 0.3) is 0 Å². The van der Waals surface area contributed by atoms with Crippen molar-refractivity contribution in [3.05, 3.63) is 65.2 Å². The lowest BCUT2D eigenvalue weighted by Gasteiger charge is -2.28. The van der Waals surface area contributed by atoms with Gasteiger partial charge < -0.3 is 25.6 Å². The molecule has 3 aromatic rings. The fourth-order valence-corrected chi connectivity index (χ4v) is 3.44. The van der Waals surface area contributed by atoms with Gasteiger partial charge in [-0.2, -0.15) is 0 Å². The minimum absolute atomic E-state index is 0.0643. The number of amides is 2. The second-order valence-electron chi connectivity index (χ2n) is 7.17. The summed E-state index contributed by atoms with van der Waals surface area (Å²) >= 11 is 5.75. The standard InChI is InChI=1S/C22H22ClFN6O2/c1-14-25-20(13-21(26-14)30-7-9-32-10-8-30)27-15-3-2-4-16(11-15)28-22(31)29-17-5-6-19(24)18(23)12-17/h2-6,11-13H,7-10H2,1H3,(H,25,26,27)(H2,28,29,31). The zero-order chi connectivity index (χ0) is 22.5. The van der Waals surface area contributed by atoms with Crippen molar-refractivity contribution < 1.29 is 13.9 Å². The van der Waals surface area contributed by atoms with Gasteiger partial charge in [0.15, 0.2) is 0 Å². The Labute approximate surface area is 189 Å². The number of carbonyl (C=O) groups is 1. The fourth-order valence-electron chi connectivity index (χ4n) is 3.26. The molecule has 1 saturated heterocycles. The molecule has 1 fully saturated rings. The van der Waals surface area contributed by atoms with Gasteiger partial charge in [-0.25, -0.2) is 19.2 Å². The molecule has 2 amide bonds. The molecule has 0 aliphatic carbocycles. The van der Waals surface area contributed by atoms with Gasteiger partial charge >= 0.3 is 6.03 Å². The van der Waals surface area contributed by atoms with E-state index in [-0.39, 0.29) is 5.02 Å². The van der Waals surface area contributed by atoms with Crippen LogP contribution in [0.3, 0.4) is 0 Å². The smallest absolute Gasteiger partial charge is 0.323 e. The lowest BCUT2D eigenvalue weighted by atomic mass is 10.2. The maximum Gasteiger partial charge on any atom is 0.323 e. The molecule has 0 atom stereocenters. The van der Waals surface area contributed by atoms with E-state index in [0.717, 1.165) is 24.6 Å². The van der Waals surface area contributed by atoms with Crippen LogP contribution in [0.5, 0.6) is 0 Å². The Bertz CT molecular complexity index is 1120. The summed E-state index contributed by atoms with van der Waals surface area (Å²) in [5, 5.41) is 8.56. The van der Waals surface area contributed by atoms with Gasteiger partial charge in [-0.15, -0.1) is 0 Å². The van der Waals surface area contributed by atoms with Crippen LogP contribution in [0.4, 0.5) is 37.9 Å². The molecule has 0 saturated carbocycles. The molecule has 4 rings (SSSR count). The van der Waals surface area contributed by atoms with Gasteiger partial charge in [-0.3, -0.25) is 0 Å². The molecule has 0 bridgehead atoms. The molecule has 32 heavy (non-hydrogen) atoms. The van der Waals surface area contributed by atoms with Crippen molar-refractivity contribution in [2.45, 2.75) is 6.92 Å². The van der Waals surface area contributed by atoms with Gasteiger partial charge in [0.2, 0.25) is 0 Å². The highest BCUT2D eigenvalue weighted by molar-refractivity contribution is 6.31. The van der Waals surface area contributed by atoms with Crippen molar-refractivity contribution in [3.8, 4) is 0 Å². The Kier molecular flexibility index (Phi) is 6.67. The summed E-state index contributed by atoms with van der Waals surface area (Å²) < 4.78 is 18.7. The summed E-state index contributed by atoms with van der Waals surface area (Å²) in [5.41, 5.74) is 1.70. The molecule has 1 aromatic heterocycles. The molecule has 2 heterocycles. The largest absolute Gasteiger partial charge is 0.378 e. The molecule has 0 spiro atoms. The first-order valence-corrected chi connectivity index (χ1v) is 10.4. The van der Waals surface area contributed by atoms with Crippen LogP contribution in [0.1, 0.15) is 5.82 Å². The predicted molar refractivity (Wildman–Crippen MR) is 124 cm³/mol. The van der Waals surface area contributed by atoms with E-state index in [1.165, 1.54) is 18.2 Å². The third kappa shape index (κ3) is 5.63. The SMILES string of the molecule is Cc1nc(Nc2cccc(NC(=O)Nc3ccc(F)c(Cl)c3)c2)cc(N2CCOCC2)n1. The van der Waals surface area contributed by atoms with Gasteiger partial charge in [-0.1, -0.05) is 17.7 Å². The molecule has 166 valence electrons. The van der Waals surface area contributed by atoms with Crippen LogP contribution in [0.2, 0.25) is 5.02 Å². The molecular formula is C22H22ClFN6O2. The van der Waals surface area contributed by atoms with Crippen LogP contribution < -0.4 is 20.9 Å². The number of hydrogen-bond acceptors (Lipinski definition) is 6. The molecule has 1 aliphatic rings. The van der Waals surface area contributed by atoms with Gasteiger partial charge in [0, 0.05) is 36.2 Å². The van der Waals surface area contributed by atoms with Crippen LogP contribution in [-0.4, -0.2) is 42.3 Å². The zero-order valence-electron chi connectivity index (χ0n) is 17.4. The number of anilines is 5. The number of ether oxygens (including phenoxy) is 1. The lowest BCUT2D eigenvalue weighted by molar-refractivity contribution is 0.122. The molecule has 8 nitrogen and oxygen atoms in total. The molecule has 1 aliphatic heterocycles. The van der Waals surface area contributed by atoms with E-state index in [9.17, 15) is 9.18 Å². The van der Waals surface area contributed by atoms with E-state index in [1.807, 2.05) is 25.1 Å². The number of rotatable bonds is 5. The summed E-state index contributed by atoms with van der Waals surface area (Å²) in [4.78, 5) is 23.4. The molecular weight excluding hydrogens is 435 g/mol. The van der Waals surface area contributed by atoms with Crippen molar-refractivity contribution in [2.75, 3.05) is 47.2 Å². The lowest BCUT2D eigenvalue weighted by Crippen LogP contribution is -2.36. The highest BCUT2D eigenvalue weighted by Gasteiger charge is 2.14. The van der Waals surface area contributed by atoms with E-state index in [4.69, 9.17) is 16.3 Å². The highest BCUT2D eigenvalue weighted by Crippen LogP contribution is 2.23. The van der Waals surface area contributed by atoms with Crippen LogP contribution in [0, 0.1) is 12.7 Å². The maximum absolute atomic E-state index is 13.3. The van der Waals surface area contributed by atoms with Crippen molar-refractivity contribution >= 4 is 46.3 Å². The Hall–Kier alpha value is -3.43. The topological polar surface area (TPSA) is 91.4 Å². The number of halogens is 2. The Morgan fingerprint density at radius 2 is 1.75 bits per heavy atom. The molecule has 0 unspecified atom stereocenters. The summed E-state index contributed by atoms with van der Waals surface area (Å²) in [5.74, 6) is 1.60. The second kappa shape index (κ2) is 9.80. The normalized spacial score (nSPS) is 13.5. The first-order chi connectivity index (χ1) is 15.5. The van der Waals surface area contributed by atoms with E-state index >= 15 is 0 Å². The first kappa shape index (κ1) is 21.8. The summed E-state index contributed by atoms with van der Waals surface area (Å²) in [6.07, 6.45) is 0. The Morgan fingerprint density at radius 3 is 2.50 bits per heavy atom. The number of urea groups is 1. The van der Waals surface area contributed by atoms with Crippen molar-refractivity contribution in [3.63, 3.8) is 0 Å². The number of aromatic nitrogens is 2. The van der Waals surface area contributed by atoms with E-state index in [0.29, 0.717) is 36.2 Å². The van der Waals surface area contributed by atoms with E-state index in [1.54, 1.807) is 12.1 Å². The minimum atomic E-state index is -0.548. The van der Waals surface area contributed by atoms with Gasteiger partial charge in [-0.05, 0) is 43.3 Å². The van der Waals surface area contributed by atoms with Crippen LogP contribution in [0.25, 0.3) is 0 Å². The number of carbonyl (C=O) groups excluding carboxylic acids is 1. The first-order valence-electron chi connectivity index (χ1n) is 10.0. The van der Waals surface area contributed by atoms with Crippen LogP contribution >= 0.6 is 11.6 Å². The molecule has 3 N–H and O–H groups in total. The third-order valence-electron chi connectivity index (χ3n) is 4.73. The highest BCUT2D eigenvalue weighted by atomic mass is 35.5. The number of hydrogen-bond donors (Lipinski definition) is 3. The summed E-state index contributed by atoms with van der Waals surface area (Å²) in [6, 6.07) is 12.6. The third-order valence-corrected chi connectivity index (χ3v) is 5.02. The minimum Gasteiger partial charge on any atom is -0.378 e. The van der Waals surface area contributed by atoms with Crippen molar-refractivity contribution in [1.29, 1.82) is 0 Å². The van der Waals surface area contributed by atoms with Crippen LogP contribution in [-0.2, 0) is 4.74 Å². The predicted octanol–water partition coefficient (Wildman–Crippen LogP) is 4.80. The van der Waals surface area contributed by atoms with Gasteiger partial charge in [0.1, 0.15) is 23.3 Å². The van der Waals surface area contributed by atoms with E-state index < -0.39 is 11.8 Å². The molecule has 2 aromatic carbocycles. The zero-order valence-corrected chi connectivity index (χ0v) is 18.1. The maximum atomic E-state index is 13.3. The summed E-state index contributed by atoms with van der Waals surface area (Å²) in [6.45, 7) is 4.75. The van der Waals surface area contributed by atoms with Gasteiger partial charge in [0.05, 0.1) is 18.2 Å². The fraction of sp³-hybridized carbons (Fsp3) is 0.227. The van der Waals surface area contributed by atoms with Crippen LogP contribution in [0.15, 0.2) is 48.5 Å². The number of morpholine rings is 1. The Morgan fingerprint density at radius 1 is 1.03 bits per heavy atom. The molecule has 0 radical (unpaired) electrons. The van der Waals surface area contributed by atoms with E-state index in [2.05, 4.69) is 30.8 Å². The Balaban J connectivity index is 1.43. The second-order valence-corrected chi connectivity index (χ2v) is 7.58.